The minimum Gasteiger partial charge on any atom is -0.493 e. The van der Waals surface area contributed by atoms with Crippen LogP contribution in [0.4, 0.5) is 4.39 Å². The van der Waals surface area contributed by atoms with Crippen molar-refractivity contribution in [3.05, 3.63) is 101 Å². The summed E-state index contributed by atoms with van der Waals surface area (Å²) in [5.74, 6) is 0.456. The van der Waals surface area contributed by atoms with Crippen molar-refractivity contribution in [2.75, 3.05) is 6.61 Å². The first kappa shape index (κ1) is 22.5. The molecular weight excluding hydrogens is 447 g/mol. The molecule has 178 valence electrons. The van der Waals surface area contributed by atoms with E-state index in [4.69, 9.17) is 4.74 Å². The second kappa shape index (κ2) is 9.92. The fourth-order valence-corrected chi connectivity index (χ4v) is 3.90. The molecule has 8 nitrogen and oxygen atoms in total. The van der Waals surface area contributed by atoms with Gasteiger partial charge in [0.15, 0.2) is 0 Å². The molecule has 0 saturated heterocycles. The first-order chi connectivity index (χ1) is 17.1. The predicted molar refractivity (Wildman–Crippen MR) is 130 cm³/mol. The van der Waals surface area contributed by atoms with Crippen LogP contribution in [0.1, 0.15) is 31.0 Å². The molecular formula is C26H25FN6O2. The first-order valence-corrected chi connectivity index (χ1v) is 11.5. The van der Waals surface area contributed by atoms with Crippen LogP contribution in [-0.2, 0) is 13.1 Å². The third kappa shape index (κ3) is 4.98. The summed E-state index contributed by atoms with van der Waals surface area (Å²) < 4.78 is 24.2. The highest BCUT2D eigenvalue weighted by molar-refractivity contribution is 5.71. The highest BCUT2D eigenvalue weighted by Gasteiger charge is 2.14. The van der Waals surface area contributed by atoms with Gasteiger partial charge in [-0.2, -0.15) is 5.10 Å². The lowest BCUT2D eigenvalue weighted by molar-refractivity contribution is 0.310. The van der Waals surface area contributed by atoms with Crippen molar-refractivity contribution in [2.45, 2.75) is 32.9 Å². The zero-order valence-corrected chi connectivity index (χ0v) is 19.3. The Balaban J connectivity index is 1.38. The number of fused-ring (bicyclic) bond motifs is 1. The van der Waals surface area contributed by atoms with Gasteiger partial charge in [-0.15, -0.1) is 5.10 Å². The summed E-state index contributed by atoms with van der Waals surface area (Å²) in [6, 6.07) is 15.8. The number of ether oxygens (including phenoxy) is 1. The molecule has 2 aromatic carbocycles. The van der Waals surface area contributed by atoms with Gasteiger partial charge in [-0.25, -0.2) is 13.6 Å². The van der Waals surface area contributed by atoms with E-state index in [1.807, 2.05) is 30.3 Å². The number of nitrogens with zero attached hydrogens (tertiary/aromatic N) is 6. The quantitative estimate of drug-likeness (QED) is 0.301. The minimum atomic E-state index is -0.294. The Hall–Kier alpha value is -4.27. The second-order valence-electron chi connectivity index (χ2n) is 8.33. The van der Waals surface area contributed by atoms with Gasteiger partial charge in [0.05, 0.1) is 31.6 Å². The fraction of sp³-hybridized carbons (Fsp3) is 0.231. The summed E-state index contributed by atoms with van der Waals surface area (Å²) >= 11 is 0. The number of rotatable bonds is 9. The van der Waals surface area contributed by atoms with Crippen LogP contribution in [0.15, 0.2) is 78.0 Å². The smallest absolute Gasteiger partial charge is 0.276 e. The summed E-state index contributed by atoms with van der Waals surface area (Å²) in [4.78, 5) is 13.2. The van der Waals surface area contributed by atoms with Crippen LogP contribution < -0.4 is 10.3 Å². The lowest BCUT2D eigenvalue weighted by atomic mass is 10.1. The maximum absolute atomic E-state index is 13.4. The average Bonchev–Trinajstić information content (AvgIpc) is 3.49. The molecule has 3 heterocycles. The molecule has 0 saturated carbocycles. The zero-order chi connectivity index (χ0) is 24.2. The molecule has 0 bridgehead atoms. The number of halogens is 1. The van der Waals surface area contributed by atoms with E-state index in [2.05, 4.69) is 22.3 Å². The fourth-order valence-electron chi connectivity index (χ4n) is 3.90. The molecule has 0 unspecified atom stereocenters. The van der Waals surface area contributed by atoms with E-state index in [0.29, 0.717) is 30.1 Å². The number of unbranched alkanes of at least 4 members (excludes halogenated alkanes) is 1. The number of benzene rings is 2. The van der Waals surface area contributed by atoms with Crippen LogP contribution >= 0.6 is 0 Å². The van der Waals surface area contributed by atoms with Gasteiger partial charge in [-0.1, -0.05) is 42.8 Å². The SMILES string of the molecule is CCCCOc1ccccc1-c1cc2c(=O)n(Cc3cn(Cc4cccc(F)c4)nn3)ccn2n1. The van der Waals surface area contributed by atoms with Gasteiger partial charge in [-0.05, 0) is 42.3 Å². The standard InChI is InChI=1S/C26H25FN6O2/c1-2-3-13-35-25-10-5-4-9-22(25)23-15-24-26(34)31(11-12-33(24)29-23)17-21-18-32(30-28-21)16-19-7-6-8-20(27)14-19/h4-12,14-15,18H,2-3,13,16-17H2,1H3. The van der Waals surface area contributed by atoms with Crippen LogP contribution in [0.5, 0.6) is 5.75 Å². The molecule has 3 aromatic heterocycles. The third-order valence-electron chi connectivity index (χ3n) is 5.67. The van der Waals surface area contributed by atoms with Gasteiger partial charge < -0.3 is 9.30 Å². The Kier molecular flexibility index (Phi) is 6.38. The number of para-hydroxylation sites is 1. The van der Waals surface area contributed by atoms with Gasteiger partial charge in [0.1, 0.15) is 22.8 Å². The van der Waals surface area contributed by atoms with Crippen molar-refractivity contribution in [1.82, 2.24) is 29.2 Å². The van der Waals surface area contributed by atoms with E-state index in [1.54, 1.807) is 44.5 Å². The second-order valence-corrected chi connectivity index (χ2v) is 8.33. The lowest BCUT2D eigenvalue weighted by Crippen LogP contribution is -2.21. The molecule has 35 heavy (non-hydrogen) atoms. The van der Waals surface area contributed by atoms with Crippen molar-refractivity contribution in [3.63, 3.8) is 0 Å². The van der Waals surface area contributed by atoms with Crippen molar-refractivity contribution in [3.8, 4) is 17.0 Å². The van der Waals surface area contributed by atoms with Crippen LogP contribution in [0.2, 0.25) is 0 Å². The van der Waals surface area contributed by atoms with E-state index in [0.717, 1.165) is 29.7 Å². The van der Waals surface area contributed by atoms with Gasteiger partial charge >= 0.3 is 0 Å². The highest BCUT2D eigenvalue weighted by atomic mass is 19.1. The Labute approximate surface area is 201 Å². The molecule has 5 rings (SSSR count). The van der Waals surface area contributed by atoms with Gasteiger partial charge in [-0.3, -0.25) is 4.79 Å². The number of hydrogen-bond acceptors (Lipinski definition) is 5. The van der Waals surface area contributed by atoms with Crippen LogP contribution in [0.3, 0.4) is 0 Å². The van der Waals surface area contributed by atoms with E-state index in [9.17, 15) is 9.18 Å². The molecule has 5 aromatic rings. The topological polar surface area (TPSA) is 79.2 Å². The summed E-state index contributed by atoms with van der Waals surface area (Å²) in [7, 11) is 0. The summed E-state index contributed by atoms with van der Waals surface area (Å²) in [5, 5.41) is 12.9. The van der Waals surface area contributed by atoms with Crippen molar-refractivity contribution < 1.29 is 9.13 Å². The summed E-state index contributed by atoms with van der Waals surface area (Å²) in [5.41, 5.74) is 3.20. The lowest BCUT2D eigenvalue weighted by Gasteiger charge is -2.09. The minimum absolute atomic E-state index is 0.185. The van der Waals surface area contributed by atoms with Gasteiger partial charge in [0.2, 0.25) is 0 Å². The zero-order valence-electron chi connectivity index (χ0n) is 19.3. The van der Waals surface area contributed by atoms with Crippen LogP contribution in [-0.4, -0.2) is 35.8 Å². The molecule has 0 spiro atoms. The maximum atomic E-state index is 13.4. The van der Waals surface area contributed by atoms with E-state index >= 15 is 0 Å². The Morgan fingerprint density at radius 3 is 2.77 bits per heavy atom. The molecule has 0 aliphatic carbocycles. The maximum Gasteiger partial charge on any atom is 0.276 e. The van der Waals surface area contributed by atoms with E-state index < -0.39 is 0 Å². The largest absolute Gasteiger partial charge is 0.493 e. The molecule has 0 aliphatic heterocycles. The van der Waals surface area contributed by atoms with Crippen molar-refractivity contribution in [2.24, 2.45) is 0 Å². The third-order valence-corrected chi connectivity index (χ3v) is 5.67. The molecule has 0 radical (unpaired) electrons. The van der Waals surface area contributed by atoms with Gasteiger partial charge in [0, 0.05) is 18.0 Å². The highest BCUT2D eigenvalue weighted by Crippen LogP contribution is 2.29. The molecule has 0 amide bonds. The van der Waals surface area contributed by atoms with Crippen LogP contribution in [0, 0.1) is 5.82 Å². The van der Waals surface area contributed by atoms with E-state index in [-0.39, 0.29) is 17.9 Å². The van der Waals surface area contributed by atoms with Gasteiger partial charge in [0.25, 0.3) is 5.56 Å². The molecule has 0 atom stereocenters. The molecule has 0 N–H and O–H groups in total. The Bertz CT molecular complexity index is 1520. The first-order valence-electron chi connectivity index (χ1n) is 11.5. The van der Waals surface area contributed by atoms with E-state index in [1.165, 1.54) is 12.1 Å². The van der Waals surface area contributed by atoms with Crippen molar-refractivity contribution in [1.29, 1.82) is 0 Å². The molecule has 0 aliphatic rings. The molecule has 9 heteroatoms. The van der Waals surface area contributed by atoms with Crippen LogP contribution in [0.25, 0.3) is 16.8 Å². The Morgan fingerprint density at radius 1 is 1.03 bits per heavy atom. The normalized spacial score (nSPS) is 11.3. The predicted octanol–water partition coefficient (Wildman–Crippen LogP) is 4.17. The van der Waals surface area contributed by atoms with Crippen molar-refractivity contribution >= 4 is 5.52 Å². The summed E-state index contributed by atoms with van der Waals surface area (Å²) in [6.45, 7) is 3.40. The molecule has 0 fully saturated rings. The number of hydrogen-bond donors (Lipinski definition) is 0. The number of aromatic nitrogens is 6. The summed E-state index contributed by atoms with van der Waals surface area (Å²) in [6.07, 6.45) is 7.21. The Morgan fingerprint density at radius 2 is 1.91 bits per heavy atom. The average molecular weight is 473 g/mol. The monoisotopic (exact) mass is 472 g/mol.